The van der Waals surface area contributed by atoms with Crippen molar-refractivity contribution in [3.8, 4) is 0 Å². The van der Waals surface area contributed by atoms with Gasteiger partial charge in [0.25, 0.3) is 0 Å². The Morgan fingerprint density at radius 1 is 1.30 bits per heavy atom. The average Bonchev–Trinajstić information content (AvgIpc) is 2.89. The van der Waals surface area contributed by atoms with Crippen LogP contribution in [0.15, 0.2) is 0 Å². The maximum atomic E-state index is 12.1. The summed E-state index contributed by atoms with van der Waals surface area (Å²) in [5, 5.41) is 2.61. The summed E-state index contributed by atoms with van der Waals surface area (Å²) in [7, 11) is -3.11. The Labute approximate surface area is 122 Å². The number of nitrogens with one attached hydrogen (secondary N) is 1. The van der Waals surface area contributed by atoms with Gasteiger partial charge in [0, 0.05) is 19.0 Å². The van der Waals surface area contributed by atoms with Crippen LogP contribution in [0.25, 0.3) is 0 Å². The topological polar surface area (TPSA) is 89.3 Å². The zero-order valence-corrected chi connectivity index (χ0v) is 13.4. The van der Waals surface area contributed by atoms with Crippen molar-refractivity contribution in [1.29, 1.82) is 0 Å². The first-order valence-electron chi connectivity index (χ1n) is 7.56. The zero-order valence-electron chi connectivity index (χ0n) is 12.6. The van der Waals surface area contributed by atoms with E-state index in [9.17, 15) is 13.2 Å². The van der Waals surface area contributed by atoms with Gasteiger partial charge >= 0.3 is 0 Å². The van der Waals surface area contributed by atoms with Crippen molar-refractivity contribution in [2.45, 2.75) is 63.7 Å². The van der Waals surface area contributed by atoms with Crippen LogP contribution in [0.4, 0.5) is 0 Å². The third-order valence-corrected chi connectivity index (χ3v) is 6.09. The number of nitrogens with two attached hydrogens (primary N) is 1. The van der Waals surface area contributed by atoms with Gasteiger partial charge in [0.1, 0.15) is 0 Å². The van der Waals surface area contributed by atoms with Crippen LogP contribution >= 0.6 is 0 Å². The first kappa shape index (κ1) is 17.4. The van der Waals surface area contributed by atoms with E-state index in [1.165, 1.54) is 0 Å². The molecule has 0 heterocycles. The molecule has 3 N–H and O–H groups in total. The number of hydrogen-bond donors (Lipinski definition) is 2. The summed E-state index contributed by atoms with van der Waals surface area (Å²) in [6.07, 6.45) is 4.34. The van der Waals surface area contributed by atoms with Gasteiger partial charge in [-0.2, -0.15) is 0 Å². The fourth-order valence-corrected chi connectivity index (χ4v) is 4.59. The molecule has 5 nitrogen and oxygen atoms in total. The second-order valence-electron chi connectivity index (χ2n) is 6.15. The minimum Gasteiger partial charge on any atom is -0.352 e. The van der Waals surface area contributed by atoms with E-state index in [2.05, 4.69) is 19.2 Å². The van der Waals surface area contributed by atoms with Crippen LogP contribution in [0.2, 0.25) is 0 Å². The van der Waals surface area contributed by atoms with E-state index in [0.717, 1.165) is 32.1 Å². The second kappa shape index (κ2) is 7.98. The highest BCUT2D eigenvalue weighted by atomic mass is 32.2. The highest BCUT2D eigenvalue weighted by Gasteiger charge is 2.29. The molecule has 0 aromatic carbocycles. The van der Waals surface area contributed by atoms with E-state index in [0.29, 0.717) is 12.5 Å². The molecular weight excluding hydrogens is 276 g/mol. The molecule has 1 amide bonds. The third kappa shape index (κ3) is 5.79. The van der Waals surface area contributed by atoms with Crippen molar-refractivity contribution < 1.29 is 13.2 Å². The predicted molar refractivity (Wildman–Crippen MR) is 81.1 cm³/mol. The summed E-state index contributed by atoms with van der Waals surface area (Å²) in [6, 6.07) is -0.0586. The summed E-state index contributed by atoms with van der Waals surface area (Å²) in [4.78, 5) is 11.8. The van der Waals surface area contributed by atoms with Crippen molar-refractivity contribution in [1.82, 2.24) is 5.32 Å². The first-order valence-corrected chi connectivity index (χ1v) is 9.27. The first-order chi connectivity index (χ1) is 9.35. The van der Waals surface area contributed by atoms with Crippen molar-refractivity contribution >= 4 is 15.7 Å². The van der Waals surface area contributed by atoms with Gasteiger partial charge in [0.05, 0.1) is 11.0 Å². The normalized spacial score (nSPS) is 18.4. The number of sulfone groups is 1. The Bertz CT molecular complexity index is 401. The molecule has 1 aliphatic carbocycles. The SMILES string of the molecule is CC(C)CC(CN)NC(=O)CCS(=O)(=O)C1CCCC1. The maximum Gasteiger partial charge on any atom is 0.221 e. The average molecular weight is 304 g/mol. The lowest BCUT2D eigenvalue weighted by Gasteiger charge is -2.19. The van der Waals surface area contributed by atoms with Crippen LogP contribution < -0.4 is 11.1 Å². The Hall–Kier alpha value is -0.620. The smallest absolute Gasteiger partial charge is 0.221 e. The van der Waals surface area contributed by atoms with E-state index in [1.54, 1.807) is 0 Å². The number of carbonyl (C=O) groups is 1. The maximum absolute atomic E-state index is 12.1. The van der Waals surface area contributed by atoms with Gasteiger partial charge < -0.3 is 11.1 Å². The third-order valence-electron chi connectivity index (χ3n) is 3.83. The minimum atomic E-state index is -3.11. The molecule has 1 saturated carbocycles. The van der Waals surface area contributed by atoms with E-state index in [4.69, 9.17) is 5.73 Å². The molecule has 0 radical (unpaired) electrons. The van der Waals surface area contributed by atoms with Gasteiger partial charge in [0.15, 0.2) is 9.84 Å². The Balaban J connectivity index is 2.38. The van der Waals surface area contributed by atoms with Crippen molar-refractivity contribution in [2.24, 2.45) is 11.7 Å². The summed E-state index contributed by atoms with van der Waals surface area (Å²) < 4.78 is 24.1. The number of amides is 1. The highest BCUT2D eigenvalue weighted by Crippen LogP contribution is 2.25. The van der Waals surface area contributed by atoms with Crippen LogP contribution in [0, 0.1) is 5.92 Å². The molecule has 0 spiro atoms. The lowest BCUT2D eigenvalue weighted by molar-refractivity contribution is -0.121. The van der Waals surface area contributed by atoms with Crippen LogP contribution in [0.5, 0.6) is 0 Å². The summed E-state index contributed by atoms with van der Waals surface area (Å²) >= 11 is 0. The molecule has 6 heteroatoms. The molecule has 1 aliphatic rings. The molecule has 0 saturated heterocycles. The molecular formula is C14H28N2O3S. The van der Waals surface area contributed by atoms with Crippen molar-refractivity contribution in [2.75, 3.05) is 12.3 Å². The Kier molecular flexibility index (Phi) is 6.95. The predicted octanol–water partition coefficient (Wildman–Crippen LogP) is 1.22. The largest absolute Gasteiger partial charge is 0.352 e. The lowest BCUT2D eigenvalue weighted by Crippen LogP contribution is -2.41. The summed E-state index contributed by atoms with van der Waals surface area (Å²) in [6.45, 7) is 4.53. The fourth-order valence-electron chi connectivity index (χ4n) is 2.73. The van der Waals surface area contributed by atoms with Gasteiger partial charge in [-0.25, -0.2) is 8.42 Å². The highest BCUT2D eigenvalue weighted by molar-refractivity contribution is 7.92. The molecule has 0 aliphatic heterocycles. The number of hydrogen-bond acceptors (Lipinski definition) is 4. The molecule has 1 atom stereocenters. The lowest BCUT2D eigenvalue weighted by atomic mass is 10.0. The molecule has 0 bridgehead atoms. The van der Waals surface area contributed by atoms with Gasteiger partial charge in [-0.1, -0.05) is 26.7 Å². The van der Waals surface area contributed by atoms with E-state index in [-0.39, 0.29) is 29.4 Å². The molecule has 20 heavy (non-hydrogen) atoms. The quantitative estimate of drug-likeness (QED) is 0.705. The van der Waals surface area contributed by atoms with Crippen LogP contribution in [0.3, 0.4) is 0 Å². The molecule has 0 aromatic rings. The second-order valence-corrected chi connectivity index (χ2v) is 8.55. The van der Waals surface area contributed by atoms with Gasteiger partial charge in [0.2, 0.25) is 5.91 Å². The van der Waals surface area contributed by atoms with Crippen LogP contribution in [-0.2, 0) is 14.6 Å². The Morgan fingerprint density at radius 2 is 1.90 bits per heavy atom. The standard InChI is InChI=1S/C14H28N2O3S/c1-11(2)9-12(10-15)16-14(17)7-8-20(18,19)13-5-3-4-6-13/h11-13H,3-10,15H2,1-2H3,(H,16,17). The summed E-state index contributed by atoms with van der Waals surface area (Å²) in [5.41, 5.74) is 5.62. The van der Waals surface area contributed by atoms with Gasteiger partial charge in [-0.05, 0) is 25.2 Å². The zero-order chi connectivity index (χ0) is 15.2. The van der Waals surface area contributed by atoms with Gasteiger partial charge in [-0.3, -0.25) is 4.79 Å². The molecule has 118 valence electrons. The summed E-state index contributed by atoms with van der Waals surface area (Å²) in [5.74, 6) is 0.205. The van der Waals surface area contributed by atoms with Gasteiger partial charge in [-0.15, -0.1) is 0 Å². The molecule has 1 rings (SSSR count). The molecule has 1 unspecified atom stereocenters. The molecule has 0 aromatic heterocycles. The van der Waals surface area contributed by atoms with Crippen LogP contribution in [-0.4, -0.2) is 37.9 Å². The van der Waals surface area contributed by atoms with Crippen molar-refractivity contribution in [3.63, 3.8) is 0 Å². The Morgan fingerprint density at radius 3 is 2.40 bits per heavy atom. The molecule has 1 fully saturated rings. The van der Waals surface area contributed by atoms with E-state index < -0.39 is 9.84 Å². The monoisotopic (exact) mass is 304 g/mol. The number of rotatable bonds is 8. The number of carbonyl (C=O) groups excluding carboxylic acids is 1. The van der Waals surface area contributed by atoms with E-state index >= 15 is 0 Å². The van der Waals surface area contributed by atoms with E-state index in [1.807, 2.05) is 0 Å². The fraction of sp³-hybridized carbons (Fsp3) is 0.929. The van der Waals surface area contributed by atoms with Crippen molar-refractivity contribution in [3.05, 3.63) is 0 Å². The minimum absolute atomic E-state index is 0.0392. The van der Waals surface area contributed by atoms with Crippen LogP contribution in [0.1, 0.15) is 52.4 Å².